The lowest BCUT2D eigenvalue weighted by Gasteiger charge is -2.47. The van der Waals surface area contributed by atoms with E-state index in [-0.39, 0.29) is 23.7 Å². The number of nitrogens with zero attached hydrogens (tertiary/aromatic N) is 2. The number of ether oxygens (including phenoxy) is 1. The van der Waals surface area contributed by atoms with Crippen LogP contribution in [0.2, 0.25) is 0 Å². The molecule has 1 saturated carbocycles. The van der Waals surface area contributed by atoms with Crippen molar-refractivity contribution in [2.24, 2.45) is 0 Å². The molecule has 3 aliphatic rings. The standard InChI is InChI=1S/C26H27F2N3O2/c27-24-19(3-6-21(25(24)28)18-2-1-17-7-10-29-22(17)13-18)14-30-11-8-26(9-12-30)16-31(20-4-5-20)23(32)15-33-26/h1-3,6-7,10,13,20,29H,4-5,8-9,11-12,14-16H2. The molecule has 1 amide bonds. The van der Waals surface area contributed by atoms with Gasteiger partial charge in [-0.05, 0) is 48.8 Å². The van der Waals surface area contributed by atoms with Crippen LogP contribution in [0.1, 0.15) is 31.2 Å². The molecule has 3 aromatic rings. The van der Waals surface area contributed by atoms with Gasteiger partial charge in [0.2, 0.25) is 5.91 Å². The number of hydrogen-bond donors (Lipinski definition) is 1. The maximum absolute atomic E-state index is 15.0. The Balaban J connectivity index is 1.14. The van der Waals surface area contributed by atoms with Crippen LogP contribution in [-0.2, 0) is 16.1 Å². The van der Waals surface area contributed by atoms with E-state index in [0.29, 0.717) is 30.3 Å². The van der Waals surface area contributed by atoms with Crippen LogP contribution < -0.4 is 0 Å². The van der Waals surface area contributed by atoms with Gasteiger partial charge in [-0.2, -0.15) is 0 Å². The van der Waals surface area contributed by atoms with Crippen molar-refractivity contribution in [3.8, 4) is 11.1 Å². The molecule has 7 heteroatoms. The van der Waals surface area contributed by atoms with Gasteiger partial charge < -0.3 is 14.6 Å². The van der Waals surface area contributed by atoms with Crippen molar-refractivity contribution in [1.82, 2.24) is 14.8 Å². The highest BCUT2D eigenvalue weighted by molar-refractivity contribution is 5.85. The van der Waals surface area contributed by atoms with E-state index >= 15 is 8.78 Å². The van der Waals surface area contributed by atoms with Crippen LogP contribution in [0.25, 0.3) is 22.0 Å². The molecule has 0 bridgehead atoms. The molecule has 1 spiro atoms. The average molecular weight is 452 g/mol. The highest BCUT2D eigenvalue weighted by Crippen LogP contribution is 2.37. The first-order valence-electron chi connectivity index (χ1n) is 11.7. The minimum absolute atomic E-state index is 0.0959. The molecule has 1 N–H and O–H groups in total. The van der Waals surface area contributed by atoms with Crippen LogP contribution in [0.4, 0.5) is 8.78 Å². The molecule has 3 heterocycles. The maximum Gasteiger partial charge on any atom is 0.248 e. The first-order chi connectivity index (χ1) is 16.0. The van der Waals surface area contributed by atoms with Crippen LogP contribution >= 0.6 is 0 Å². The topological polar surface area (TPSA) is 48.6 Å². The molecule has 2 saturated heterocycles. The van der Waals surface area contributed by atoms with E-state index < -0.39 is 11.6 Å². The Morgan fingerprint density at radius 1 is 1.06 bits per heavy atom. The second kappa shape index (κ2) is 7.92. The number of rotatable bonds is 4. The first kappa shape index (κ1) is 20.8. The first-order valence-corrected chi connectivity index (χ1v) is 11.7. The van der Waals surface area contributed by atoms with Crippen LogP contribution in [0.15, 0.2) is 42.6 Å². The maximum atomic E-state index is 15.0. The molecular weight excluding hydrogens is 424 g/mol. The molecule has 2 aromatic carbocycles. The molecule has 0 unspecified atom stereocenters. The summed E-state index contributed by atoms with van der Waals surface area (Å²) in [6.45, 7) is 2.65. The van der Waals surface area contributed by atoms with Gasteiger partial charge in [-0.3, -0.25) is 9.69 Å². The summed E-state index contributed by atoms with van der Waals surface area (Å²) in [5, 5.41) is 1.03. The number of carbonyl (C=O) groups excluding carboxylic acids is 1. The van der Waals surface area contributed by atoms with Gasteiger partial charge in [-0.15, -0.1) is 0 Å². The Morgan fingerprint density at radius 3 is 2.67 bits per heavy atom. The Morgan fingerprint density at radius 2 is 1.88 bits per heavy atom. The Hall–Kier alpha value is -2.77. The predicted molar refractivity (Wildman–Crippen MR) is 122 cm³/mol. The molecule has 2 aliphatic heterocycles. The summed E-state index contributed by atoms with van der Waals surface area (Å²) >= 11 is 0. The number of nitrogens with one attached hydrogen (secondary N) is 1. The molecular formula is C26H27F2N3O2. The van der Waals surface area contributed by atoms with Gasteiger partial charge in [0, 0.05) is 48.5 Å². The molecule has 0 radical (unpaired) electrons. The summed E-state index contributed by atoms with van der Waals surface area (Å²) in [5.74, 6) is -1.49. The summed E-state index contributed by atoms with van der Waals surface area (Å²) in [7, 11) is 0. The number of piperidine rings is 1. The number of H-pyrrole nitrogens is 1. The summed E-state index contributed by atoms with van der Waals surface area (Å²) in [4.78, 5) is 19.4. The van der Waals surface area contributed by atoms with Gasteiger partial charge in [0.25, 0.3) is 0 Å². The number of morpholine rings is 1. The third-order valence-corrected chi connectivity index (χ3v) is 7.46. The zero-order valence-corrected chi connectivity index (χ0v) is 18.4. The number of hydrogen-bond acceptors (Lipinski definition) is 3. The molecule has 3 fully saturated rings. The van der Waals surface area contributed by atoms with E-state index in [2.05, 4.69) is 9.88 Å². The quantitative estimate of drug-likeness (QED) is 0.637. The fraction of sp³-hybridized carbons (Fsp3) is 0.423. The smallest absolute Gasteiger partial charge is 0.248 e. The number of amides is 1. The summed E-state index contributed by atoms with van der Waals surface area (Å²) in [5.41, 5.74) is 1.89. The lowest BCUT2D eigenvalue weighted by atomic mass is 9.89. The average Bonchev–Trinajstić information content (AvgIpc) is 3.57. The fourth-order valence-corrected chi connectivity index (χ4v) is 5.27. The van der Waals surface area contributed by atoms with Gasteiger partial charge in [0.15, 0.2) is 11.6 Å². The number of carbonyl (C=O) groups is 1. The van der Waals surface area contributed by atoms with Gasteiger partial charge in [-0.25, -0.2) is 8.78 Å². The van der Waals surface area contributed by atoms with E-state index in [1.807, 2.05) is 35.4 Å². The number of aromatic amines is 1. The van der Waals surface area contributed by atoms with Crippen molar-refractivity contribution in [3.05, 3.63) is 59.8 Å². The van der Waals surface area contributed by atoms with Crippen LogP contribution in [0, 0.1) is 11.6 Å². The van der Waals surface area contributed by atoms with E-state index in [0.717, 1.165) is 49.7 Å². The van der Waals surface area contributed by atoms with E-state index in [1.54, 1.807) is 12.1 Å². The normalized spacial score (nSPS) is 21.3. The monoisotopic (exact) mass is 451 g/mol. The van der Waals surface area contributed by atoms with Crippen molar-refractivity contribution >= 4 is 16.8 Å². The zero-order chi connectivity index (χ0) is 22.6. The summed E-state index contributed by atoms with van der Waals surface area (Å²) in [6.07, 6.45) is 5.60. The number of likely N-dealkylation sites (tertiary alicyclic amines) is 1. The molecule has 0 atom stereocenters. The van der Waals surface area contributed by atoms with E-state index in [4.69, 9.17) is 4.74 Å². The molecule has 172 valence electrons. The molecule has 5 nitrogen and oxygen atoms in total. The van der Waals surface area contributed by atoms with Crippen molar-refractivity contribution in [2.45, 2.75) is 43.9 Å². The summed E-state index contributed by atoms with van der Waals surface area (Å²) in [6, 6.07) is 11.3. The minimum atomic E-state index is -0.805. The molecule has 33 heavy (non-hydrogen) atoms. The van der Waals surface area contributed by atoms with Crippen molar-refractivity contribution in [2.75, 3.05) is 26.2 Å². The minimum Gasteiger partial charge on any atom is -0.363 e. The van der Waals surface area contributed by atoms with Crippen molar-refractivity contribution in [3.63, 3.8) is 0 Å². The van der Waals surface area contributed by atoms with Crippen molar-refractivity contribution in [1.29, 1.82) is 0 Å². The van der Waals surface area contributed by atoms with Gasteiger partial charge in [0.1, 0.15) is 6.61 Å². The fourth-order valence-electron chi connectivity index (χ4n) is 5.27. The number of fused-ring (bicyclic) bond motifs is 1. The van der Waals surface area contributed by atoms with Crippen LogP contribution in [0.5, 0.6) is 0 Å². The number of aromatic nitrogens is 1. The second-order valence-corrected chi connectivity index (χ2v) is 9.68. The molecule has 1 aromatic heterocycles. The lowest BCUT2D eigenvalue weighted by molar-refractivity contribution is -0.172. The Bertz CT molecular complexity index is 1210. The molecule has 6 rings (SSSR count). The van der Waals surface area contributed by atoms with Gasteiger partial charge in [0.05, 0.1) is 12.1 Å². The lowest BCUT2D eigenvalue weighted by Crippen LogP contribution is -2.59. The number of benzene rings is 2. The third-order valence-electron chi connectivity index (χ3n) is 7.46. The van der Waals surface area contributed by atoms with Gasteiger partial charge >= 0.3 is 0 Å². The highest BCUT2D eigenvalue weighted by atomic mass is 19.2. The van der Waals surface area contributed by atoms with Gasteiger partial charge in [-0.1, -0.05) is 24.3 Å². The SMILES string of the molecule is O=C1COC2(CCN(Cc3ccc(-c4ccc5cc[nH]c5c4)c(F)c3F)CC2)CN1C1CC1. The highest BCUT2D eigenvalue weighted by Gasteiger charge is 2.46. The second-order valence-electron chi connectivity index (χ2n) is 9.68. The Kier molecular flexibility index (Phi) is 4.99. The van der Waals surface area contributed by atoms with Crippen LogP contribution in [0.3, 0.4) is 0 Å². The largest absolute Gasteiger partial charge is 0.363 e. The van der Waals surface area contributed by atoms with E-state index in [1.165, 1.54) is 0 Å². The number of halogens is 2. The summed E-state index contributed by atoms with van der Waals surface area (Å²) < 4.78 is 36.0. The zero-order valence-electron chi connectivity index (χ0n) is 18.4. The van der Waals surface area contributed by atoms with E-state index in [9.17, 15) is 4.79 Å². The third kappa shape index (κ3) is 3.83. The Labute approximate surface area is 191 Å². The van der Waals surface area contributed by atoms with Crippen LogP contribution in [-0.4, -0.2) is 58.6 Å². The predicted octanol–water partition coefficient (Wildman–Crippen LogP) is 4.47. The molecule has 1 aliphatic carbocycles. The van der Waals surface area contributed by atoms with Crippen molar-refractivity contribution < 1.29 is 18.3 Å².